The average molecular weight is 393 g/mol. The van der Waals surface area contributed by atoms with Crippen LogP contribution in [0.1, 0.15) is 54.6 Å². The van der Waals surface area contributed by atoms with E-state index in [2.05, 4.69) is 10.4 Å². The molecule has 0 unspecified atom stereocenters. The Morgan fingerprint density at radius 3 is 2.70 bits per heavy atom. The summed E-state index contributed by atoms with van der Waals surface area (Å²) in [5, 5.41) is 12.0. The molecular weight excluding hydrogens is 367 g/mol. The molecule has 9 heteroatoms. The van der Waals surface area contributed by atoms with Crippen molar-refractivity contribution in [2.24, 2.45) is 10.9 Å². The normalized spacial score (nSPS) is 15.1. The molecule has 0 aromatic carbocycles. The number of amides is 2. The van der Waals surface area contributed by atoms with E-state index >= 15 is 0 Å². The zero-order chi connectivity index (χ0) is 19.6. The van der Waals surface area contributed by atoms with E-state index in [1.807, 2.05) is 13.8 Å². The molecule has 0 atom stereocenters. The highest BCUT2D eigenvalue weighted by atomic mass is 32.2. The van der Waals surface area contributed by atoms with Crippen LogP contribution in [0.25, 0.3) is 0 Å². The second kappa shape index (κ2) is 8.26. The Hall–Kier alpha value is -2.13. The van der Waals surface area contributed by atoms with Crippen molar-refractivity contribution in [2.45, 2.75) is 63.4 Å². The number of nitrogens with two attached hydrogens (primary N) is 2. The second-order valence-electron chi connectivity index (χ2n) is 6.80. The first-order valence-corrected chi connectivity index (χ1v) is 10.0. The number of carbonyl (C=O) groups excluding carboxylic acids is 1. The van der Waals surface area contributed by atoms with Crippen molar-refractivity contribution < 1.29 is 9.18 Å². The lowest BCUT2D eigenvalue weighted by atomic mass is 10.0. The Kier molecular flexibility index (Phi) is 6.01. The lowest BCUT2D eigenvalue weighted by Gasteiger charge is -2.15. The topological polar surface area (TPSA) is 112 Å². The summed E-state index contributed by atoms with van der Waals surface area (Å²) in [6.45, 7) is 4.60. The van der Waals surface area contributed by atoms with Crippen LogP contribution < -0.4 is 16.2 Å². The SMILES string of the molecule is CCn1cc(F)c(SN)n1.Cc1c(C2CC2)nc2c(c1NC(N)=O)CCC2. The maximum atomic E-state index is 12.6. The maximum absolute atomic E-state index is 12.6. The number of nitrogens with zero attached hydrogens (tertiary/aromatic N) is 3. The number of fused-ring (bicyclic) bond motifs is 1. The summed E-state index contributed by atoms with van der Waals surface area (Å²) >= 11 is 0.825. The fraction of sp³-hybridized carbons (Fsp3) is 0.500. The predicted octanol–water partition coefficient (Wildman–Crippen LogP) is 3.25. The van der Waals surface area contributed by atoms with E-state index in [1.54, 1.807) is 0 Å². The molecule has 146 valence electrons. The highest BCUT2D eigenvalue weighted by Crippen LogP contribution is 2.44. The maximum Gasteiger partial charge on any atom is 0.316 e. The number of aromatic nitrogens is 3. The van der Waals surface area contributed by atoms with Crippen molar-refractivity contribution in [3.8, 4) is 0 Å². The minimum Gasteiger partial charge on any atom is -0.351 e. The number of urea groups is 1. The molecule has 0 spiro atoms. The molecule has 2 aliphatic rings. The van der Waals surface area contributed by atoms with Gasteiger partial charge in [-0.25, -0.2) is 9.18 Å². The lowest BCUT2D eigenvalue weighted by molar-refractivity contribution is 0.259. The van der Waals surface area contributed by atoms with Gasteiger partial charge in [0, 0.05) is 23.9 Å². The number of pyridine rings is 1. The van der Waals surface area contributed by atoms with Crippen LogP contribution in [0.15, 0.2) is 11.2 Å². The first-order valence-electron chi connectivity index (χ1n) is 9.12. The number of primary amides is 1. The molecule has 2 aromatic heterocycles. The predicted molar refractivity (Wildman–Crippen MR) is 104 cm³/mol. The summed E-state index contributed by atoms with van der Waals surface area (Å²) in [6, 6.07) is -0.477. The van der Waals surface area contributed by atoms with E-state index < -0.39 is 6.03 Å². The highest BCUT2D eigenvalue weighted by Gasteiger charge is 2.31. The van der Waals surface area contributed by atoms with Gasteiger partial charge >= 0.3 is 6.03 Å². The van der Waals surface area contributed by atoms with Gasteiger partial charge in [-0.05, 0) is 69.0 Å². The summed E-state index contributed by atoms with van der Waals surface area (Å²) in [6.07, 6.45) is 6.94. The molecule has 7 nitrogen and oxygen atoms in total. The van der Waals surface area contributed by atoms with Gasteiger partial charge in [-0.1, -0.05) is 0 Å². The Labute approximate surface area is 162 Å². The first kappa shape index (κ1) is 19.6. The molecule has 5 N–H and O–H groups in total. The summed E-state index contributed by atoms with van der Waals surface area (Å²) in [4.78, 5) is 15.9. The molecule has 2 aliphatic carbocycles. The average Bonchev–Trinajstić information content (AvgIpc) is 3.25. The smallest absolute Gasteiger partial charge is 0.316 e. The van der Waals surface area contributed by atoms with Crippen molar-refractivity contribution in [1.29, 1.82) is 0 Å². The lowest BCUT2D eigenvalue weighted by Crippen LogP contribution is -2.21. The van der Waals surface area contributed by atoms with Crippen LogP contribution in [-0.4, -0.2) is 20.8 Å². The van der Waals surface area contributed by atoms with Crippen molar-refractivity contribution in [2.75, 3.05) is 5.32 Å². The van der Waals surface area contributed by atoms with E-state index in [0.29, 0.717) is 12.5 Å². The third-order valence-electron chi connectivity index (χ3n) is 4.84. The van der Waals surface area contributed by atoms with E-state index in [1.165, 1.54) is 40.7 Å². The number of aryl methyl sites for hydroxylation is 2. The second-order valence-corrected chi connectivity index (χ2v) is 7.42. The van der Waals surface area contributed by atoms with Crippen molar-refractivity contribution in [1.82, 2.24) is 14.8 Å². The number of nitrogens with one attached hydrogen (secondary N) is 1. The van der Waals surface area contributed by atoms with Gasteiger partial charge in [0.25, 0.3) is 0 Å². The van der Waals surface area contributed by atoms with Crippen LogP contribution in [0.2, 0.25) is 0 Å². The number of hydrogen-bond acceptors (Lipinski definition) is 5. The molecule has 1 fully saturated rings. The Balaban J connectivity index is 0.000000180. The van der Waals surface area contributed by atoms with Crippen molar-refractivity contribution in [3.05, 3.63) is 34.5 Å². The largest absolute Gasteiger partial charge is 0.351 e. The fourth-order valence-corrected chi connectivity index (χ4v) is 3.69. The molecule has 27 heavy (non-hydrogen) atoms. The van der Waals surface area contributed by atoms with Crippen LogP contribution in [0, 0.1) is 12.7 Å². The zero-order valence-electron chi connectivity index (χ0n) is 15.6. The number of anilines is 1. The van der Waals surface area contributed by atoms with Crippen LogP contribution in [-0.2, 0) is 19.4 Å². The van der Waals surface area contributed by atoms with Gasteiger partial charge < -0.3 is 11.1 Å². The number of halogens is 1. The van der Waals surface area contributed by atoms with Gasteiger partial charge in [0.2, 0.25) is 0 Å². The number of carbonyl (C=O) groups is 1. The molecule has 0 bridgehead atoms. The molecule has 2 aromatic rings. The Morgan fingerprint density at radius 1 is 1.44 bits per heavy atom. The quantitative estimate of drug-likeness (QED) is 0.692. The Morgan fingerprint density at radius 2 is 2.19 bits per heavy atom. The summed E-state index contributed by atoms with van der Waals surface area (Å²) in [7, 11) is 0. The molecular formula is C18H25FN6OS. The first-order chi connectivity index (χ1) is 12.9. The van der Waals surface area contributed by atoms with Crippen LogP contribution in [0.4, 0.5) is 14.9 Å². The van der Waals surface area contributed by atoms with E-state index in [-0.39, 0.29) is 10.8 Å². The zero-order valence-corrected chi connectivity index (χ0v) is 16.4. The van der Waals surface area contributed by atoms with E-state index in [0.717, 1.165) is 42.5 Å². The van der Waals surface area contributed by atoms with Crippen LogP contribution >= 0.6 is 11.9 Å². The number of hydrogen-bond donors (Lipinski definition) is 3. The fourth-order valence-electron chi connectivity index (χ4n) is 3.37. The molecule has 0 radical (unpaired) electrons. The number of rotatable bonds is 4. The third-order valence-corrected chi connectivity index (χ3v) is 5.34. The van der Waals surface area contributed by atoms with E-state index in [4.69, 9.17) is 15.9 Å². The third kappa shape index (κ3) is 4.41. The van der Waals surface area contributed by atoms with Crippen molar-refractivity contribution >= 4 is 23.7 Å². The highest BCUT2D eigenvalue weighted by molar-refractivity contribution is 7.97. The Bertz CT molecular complexity index is 849. The molecule has 1 saturated carbocycles. The van der Waals surface area contributed by atoms with Crippen LogP contribution in [0.3, 0.4) is 0 Å². The van der Waals surface area contributed by atoms with Crippen LogP contribution in [0.5, 0.6) is 0 Å². The monoisotopic (exact) mass is 392 g/mol. The molecule has 0 aliphatic heterocycles. The van der Waals surface area contributed by atoms with Gasteiger partial charge in [-0.15, -0.1) is 0 Å². The van der Waals surface area contributed by atoms with Gasteiger partial charge in [0.1, 0.15) is 0 Å². The van der Waals surface area contributed by atoms with Crippen molar-refractivity contribution in [3.63, 3.8) is 0 Å². The summed E-state index contributed by atoms with van der Waals surface area (Å²) in [5.74, 6) is 0.253. The summed E-state index contributed by atoms with van der Waals surface area (Å²) < 4.78 is 14.1. The molecule has 2 amide bonds. The standard InChI is InChI=1S/C13H17N3O.C5H8FN3S/c1-7-11(8-5-6-8)15-10-4-2-3-9(10)12(7)16-13(14)17;1-2-9-3-4(6)5(8-9)10-7/h8H,2-6H2,1H3,(H3,14,15,16,17);3H,2,7H2,1H3. The molecule has 2 heterocycles. The van der Waals surface area contributed by atoms with Gasteiger partial charge in [0.15, 0.2) is 10.8 Å². The van der Waals surface area contributed by atoms with Gasteiger partial charge in [-0.3, -0.25) is 14.8 Å². The minimum absolute atomic E-state index is 0.252. The van der Waals surface area contributed by atoms with Gasteiger partial charge in [-0.2, -0.15) is 5.10 Å². The molecule has 0 saturated heterocycles. The van der Waals surface area contributed by atoms with E-state index in [9.17, 15) is 9.18 Å². The molecule has 4 rings (SSSR count). The summed E-state index contributed by atoms with van der Waals surface area (Å²) in [5.41, 5.74) is 10.9. The van der Waals surface area contributed by atoms with Gasteiger partial charge in [0.05, 0.1) is 11.9 Å². The minimum atomic E-state index is -0.477.